The minimum atomic E-state index is -0.218. The number of carbonyl (C=O) groups excluding carboxylic acids is 2. The number of rotatable bonds is 0. The van der Waals surface area contributed by atoms with E-state index in [1.54, 1.807) is 22.7 Å². The number of amides is 2. The van der Waals surface area contributed by atoms with Crippen LogP contribution in [0.3, 0.4) is 0 Å². The first-order valence-electron chi connectivity index (χ1n) is 5.65. The van der Waals surface area contributed by atoms with Crippen LogP contribution in [0.5, 0.6) is 0 Å². The molecule has 4 rings (SSSR count). The highest BCUT2D eigenvalue weighted by molar-refractivity contribution is 9.11. The molecule has 1 aliphatic rings. The zero-order valence-electron chi connectivity index (χ0n) is 9.99. The van der Waals surface area contributed by atoms with Crippen molar-refractivity contribution in [3.05, 3.63) is 30.8 Å². The first-order valence-corrected chi connectivity index (χ1v) is 8.87. The average Bonchev–Trinajstić information content (AvgIpc) is 3.01. The zero-order chi connectivity index (χ0) is 14.2. The largest absolute Gasteiger partial charge is 0.277 e. The summed E-state index contributed by atoms with van der Waals surface area (Å²) < 4.78 is 4.03. The highest BCUT2D eigenvalue weighted by Crippen LogP contribution is 2.46. The molecule has 2 aromatic heterocycles. The summed E-state index contributed by atoms with van der Waals surface area (Å²) in [5, 5.41) is 1.72. The minimum Gasteiger partial charge on any atom is -0.277 e. The Hall–Kier alpha value is -0.760. The Kier molecular flexibility index (Phi) is 2.67. The van der Waals surface area contributed by atoms with Gasteiger partial charge in [-0.1, -0.05) is 0 Å². The molecule has 1 aliphatic heterocycles. The Morgan fingerprint density at radius 2 is 1.30 bits per heavy atom. The van der Waals surface area contributed by atoms with E-state index < -0.39 is 0 Å². The number of halogens is 2. The Morgan fingerprint density at radius 3 is 1.70 bits per heavy atom. The predicted octanol–water partition coefficient (Wildman–Crippen LogP) is 4.87. The molecule has 0 radical (unpaired) electrons. The molecule has 0 aliphatic carbocycles. The number of imide groups is 1. The molecular formula is C13H5Br2NO2S2. The Balaban J connectivity index is 2.34. The molecule has 3 nitrogen and oxygen atoms in total. The predicted molar refractivity (Wildman–Crippen MR) is 89.0 cm³/mol. The van der Waals surface area contributed by atoms with Crippen LogP contribution in [-0.4, -0.2) is 23.8 Å². The summed E-state index contributed by atoms with van der Waals surface area (Å²) in [6, 6.07) is 3.85. The van der Waals surface area contributed by atoms with Gasteiger partial charge in [0.2, 0.25) is 0 Å². The lowest BCUT2D eigenvalue weighted by Gasteiger charge is -2.02. The standard InChI is InChI=1S/C13H5Br2NO2S2/c1-16-12(17)8-4-2-6(14)19-10(4)11-5(3-7(15)20-11)9(8)13(16)18/h2-3H,1H3. The summed E-state index contributed by atoms with van der Waals surface area (Å²) in [4.78, 5) is 25.9. The van der Waals surface area contributed by atoms with Crippen LogP contribution in [0.4, 0.5) is 0 Å². The first-order chi connectivity index (χ1) is 9.49. The van der Waals surface area contributed by atoms with E-state index in [2.05, 4.69) is 31.9 Å². The van der Waals surface area contributed by atoms with E-state index in [0.717, 1.165) is 27.7 Å². The third kappa shape index (κ3) is 1.49. The Labute approximate surface area is 138 Å². The molecule has 0 spiro atoms. The van der Waals surface area contributed by atoms with E-state index >= 15 is 0 Å². The smallest absolute Gasteiger partial charge is 0.261 e. The van der Waals surface area contributed by atoms with Crippen LogP contribution >= 0.6 is 54.5 Å². The van der Waals surface area contributed by atoms with Crippen LogP contribution in [0, 0.1) is 0 Å². The fourth-order valence-corrected chi connectivity index (χ4v) is 5.94. The maximum absolute atomic E-state index is 12.4. The van der Waals surface area contributed by atoms with E-state index in [0.29, 0.717) is 11.1 Å². The van der Waals surface area contributed by atoms with Gasteiger partial charge in [0.25, 0.3) is 11.8 Å². The van der Waals surface area contributed by atoms with Gasteiger partial charge < -0.3 is 0 Å². The topological polar surface area (TPSA) is 37.4 Å². The molecule has 100 valence electrons. The van der Waals surface area contributed by atoms with Crippen molar-refractivity contribution < 1.29 is 9.59 Å². The summed E-state index contributed by atoms with van der Waals surface area (Å²) in [6.45, 7) is 0. The molecule has 0 fully saturated rings. The van der Waals surface area contributed by atoms with Gasteiger partial charge >= 0.3 is 0 Å². The SMILES string of the molecule is CN1C(=O)c2c(c3cc(Br)sc3c3sc(Br)cc23)C1=O. The molecule has 3 heterocycles. The third-order valence-electron chi connectivity index (χ3n) is 3.44. The summed E-state index contributed by atoms with van der Waals surface area (Å²) in [5.74, 6) is -0.436. The lowest BCUT2D eigenvalue weighted by atomic mass is 10.0. The number of hydrogen-bond acceptors (Lipinski definition) is 4. The number of hydrogen-bond donors (Lipinski definition) is 0. The second-order valence-corrected chi connectivity index (χ2v) is 9.37. The average molecular weight is 431 g/mol. The number of thiophene rings is 2. The highest BCUT2D eigenvalue weighted by Gasteiger charge is 2.37. The Bertz CT molecular complexity index is 866. The summed E-state index contributed by atoms with van der Waals surface area (Å²) in [6.07, 6.45) is 0. The molecule has 0 atom stereocenters. The van der Waals surface area contributed by atoms with Gasteiger partial charge in [0.05, 0.1) is 28.1 Å². The van der Waals surface area contributed by atoms with Crippen molar-refractivity contribution in [2.24, 2.45) is 0 Å². The molecule has 20 heavy (non-hydrogen) atoms. The van der Waals surface area contributed by atoms with Crippen molar-refractivity contribution in [2.45, 2.75) is 0 Å². The molecular weight excluding hydrogens is 426 g/mol. The molecule has 1 aromatic carbocycles. The van der Waals surface area contributed by atoms with E-state index in [-0.39, 0.29) is 11.8 Å². The van der Waals surface area contributed by atoms with Gasteiger partial charge in [-0.2, -0.15) is 0 Å². The van der Waals surface area contributed by atoms with Crippen molar-refractivity contribution in [2.75, 3.05) is 7.05 Å². The molecule has 0 saturated carbocycles. The highest BCUT2D eigenvalue weighted by atomic mass is 79.9. The van der Waals surface area contributed by atoms with Crippen LogP contribution in [0.25, 0.3) is 20.2 Å². The molecule has 2 amide bonds. The number of benzene rings is 1. The number of carbonyl (C=O) groups is 2. The molecule has 0 saturated heterocycles. The van der Waals surface area contributed by atoms with Crippen LogP contribution < -0.4 is 0 Å². The number of nitrogens with zero attached hydrogens (tertiary/aromatic N) is 1. The molecule has 0 bridgehead atoms. The van der Waals surface area contributed by atoms with Crippen molar-refractivity contribution in [3.8, 4) is 0 Å². The van der Waals surface area contributed by atoms with Gasteiger partial charge in [0, 0.05) is 17.8 Å². The van der Waals surface area contributed by atoms with E-state index in [1.807, 2.05) is 12.1 Å². The van der Waals surface area contributed by atoms with Crippen molar-refractivity contribution >= 4 is 86.5 Å². The second kappa shape index (κ2) is 4.13. The summed E-state index contributed by atoms with van der Waals surface area (Å²) in [5.41, 5.74) is 1.07. The van der Waals surface area contributed by atoms with E-state index in [1.165, 1.54) is 11.9 Å². The van der Waals surface area contributed by atoms with Crippen molar-refractivity contribution in [1.29, 1.82) is 0 Å². The molecule has 0 N–H and O–H groups in total. The van der Waals surface area contributed by atoms with Gasteiger partial charge in [0.15, 0.2) is 0 Å². The molecule has 0 unspecified atom stereocenters. The van der Waals surface area contributed by atoms with Gasteiger partial charge in [-0.05, 0) is 44.0 Å². The van der Waals surface area contributed by atoms with Gasteiger partial charge in [-0.15, -0.1) is 22.7 Å². The molecule has 3 aromatic rings. The van der Waals surface area contributed by atoms with Crippen molar-refractivity contribution in [3.63, 3.8) is 0 Å². The number of fused-ring (bicyclic) bond motifs is 6. The van der Waals surface area contributed by atoms with Crippen LogP contribution in [0.15, 0.2) is 19.7 Å². The maximum atomic E-state index is 12.4. The zero-order valence-corrected chi connectivity index (χ0v) is 14.8. The lowest BCUT2D eigenvalue weighted by molar-refractivity contribution is 0.0694. The fourth-order valence-electron chi connectivity index (χ4n) is 2.57. The van der Waals surface area contributed by atoms with Gasteiger partial charge in [-0.3, -0.25) is 14.5 Å². The Morgan fingerprint density at radius 1 is 0.900 bits per heavy atom. The minimum absolute atomic E-state index is 0.218. The normalized spacial score (nSPS) is 14.8. The lowest BCUT2D eigenvalue weighted by Crippen LogP contribution is -2.24. The summed E-state index contributed by atoms with van der Waals surface area (Å²) >= 11 is 10.1. The maximum Gasteiger partial charge on any atom is 0.261 e. The fraction of sp³-hybridized carbons (Fsp3) is 0.0769. The molecule has 7 heteroatoms. The third-order valence-corrected chi connectivity index (χ3v) is 6.88. The first kappa shape index (κ1) is 12.9. The van der Waals surface area contributed by atoms with Crippen LogP contribution in [-0.2, 0) is 0 Å². The van der Waals surface area contributed by atoms with E-state index in [9.17, 15) is 9.59 Å². The van der Waals surface area contributed by atoms with Gasteiger partial charge in [-0.25, -0.2) is 0 Å². The second-order valence-electron chi connectivity index (χ2n) is 4.51. The van der Waals surface area contributed by atoms with Crippen LogP contribution in [0.2, 0.25) is 0 Å². The van der Waals surface area contributed by atoms with E-state index in [4.69, 9.17) is 0 Å². The van der Waals surface area contributed by atoms with Gasteiger partial charge in [0.1, 0.15) is 0 Å². The monoisotopic (exact) mass is 429 g/mol. The van der Waals surface area contributed by atoms with Crippen molar-refractivity contribution in [1.82, 2.24) is 4.90 Å². The van der Waals surface area contributed by atoms with Crippen LogP contribution in [0.1, 0.15) is 20.7 Å². The summed E-state index contributed by atoms with van der Waals surface area (Å²) in [7, 11) is 1.53. The quantitative estimate of drug-likeness (QED) is 0.477.